The monoisotopic (exact) mass is 307 g/mol. The first-order valence-corrected chi connectivity index (χ1v) is 8.27. The molecule has 5 nitrogen and oxygen atoms in total. The number of hydrogen-bond acceptors (Lipinski definition) is 4. The number of carbonyl (C=O) groups excluding carboxylic acids is 1. The van der Waals surface area contributed by atoms with Crippen LogP contribution in [0.2, 0.25) is 0 Å². The van der Waals surface area contributed by atoms with Crippen LogP contribution in [0.25, 0.3) is 0 Å². The van der Waals surface area contributed by atoms with Gasteiger partial charge < -0.3 is 19.5 Å². The van der Waals surface area contributed by atoms with E-state index in [4.69, 9.17) is 4.42 Å². The molecule has 0 bridgehead atoms. The summed E-state index contributed by atoms with van der Waals surface area (Å²) in [5.41, 5.74) is 0.670. The van der Waals surface area contributed by atoms with E-state index in [1.807, 2.05) is 13.0 Å². The summed E-state index contributed by atoms with van der Waals surface area (Å²) < 4.78 is 5.64. The van der Waals surface area contributed by atoms with Crippen LogP contribution >= 0.6 is 0 Å². The summed E-state index contributed by atoms with van der Waals surface area (Å²) in [7, 11) is 2.16. The lowest BCUT2D eigenvalue weighted by atomic mass is 10.1. The number of nitrogens with zero attached hydrogens (tertiary/aromatic N) is 2. The normalized spacial score (nSPS) is 17.1. The molecule has 1 aromatic heterocycles. The van der Waals surface area contributed by atoms with Gasteiger partial charge in [-0.1, -0.05) is 13.8 Å². The Hall–Kier alpha value is -1.33. The molecule has 2 rings (SSSR count). The molecule has 0 radical (unpaired) electrons. The average Bonchev–Trinajstić information content (AvgIpc) is 2.87. The van der Waals surface area contributed by atoms with Crippen molar-refractivity contribution in [1.82, 2.24) is 15.1 Å². The van der Waals surface area contributed by atoms with Crippen LogP contribution in [0.3, 0.4) is 0 Å². The number of piperazine rings is 1. The zero-order valence-electron chi connectivity index (χ0n) is 14.3. The van der Waals surface area contributed by atoms with Gasteiger partial charge in [-0.05, 0) is 33.0 Å². The molecule has 124 valence electrons. The molecule has 1 amide bonds. The number of rotatable bonds is 6. The van der Waals surface area contributed by atoms with Crippen LogP contribution in [-0.2, 0) is 0 Å². The summed E-state index contributed by atoms with van der Waals surface area (Å²) in [4.78, 5) is 17.0. The Morgan fingerprint density at radius 3 is 2.59 bits per heavy atom. The number of likely N-dealkylation sites (N-methyl/N-ethyl adjacent to an activating group) is 1. The van der Waals surface area contributed by atoms with Gasteiger partial charge in [0.15, 0.2) is 0 Å². The van der Waals surface area contributed by atoms with Gasteiger partial charge in [0.25, 0.3) is 5.91 Å². The number of carbonyl (C=O) groups is 1. The largest absolute Gasteiger partial charge is 0.465 e. The summed E-state index contributed by atoms with van der Waals surface area (Å²) in [6.07, 6.45) is 0.989. The zero-order chi connectivity index (χ0) is 16.1. The van der Waals surface area contributed by atoms with E-state index < -0.39 is 0 Å². The van der Waals surface area contributed by atoms with Crippen LogP contribution < -0.4 is 5.32 Å². The first kappa shape index (κ1) is 17.0. The van der Waals surface area contributed by atoms with Gasteiger partial charge in [0.1, 0.15) is 11.5 Å². The highest BCUT2D eigenvalue weighted by atomic mass is 16.3. The summed E-state index contributed by atoms with van der Waals surface area (Å²) in [6, 6.07) is 1.87. The molecule has 0 saturated carbocycles. The number of amides is 1. The Labute approximate surface area is 133 Å². The summed E-state index contributed by atoms with van der Waals surface area (Å²) >= 11 is 0. The van der Waals surface area contributed by atoms with E-state index in [0.717, 1.165) is 44.9 Å². The molecule has 0 atom stereocenters. The second kappa shape index (κ2) is 7.79. The molecule has 1 aromatic rings. The number of furan rings is 1. The SMILES string of the molecule is Cc1oc(C(C)C)cc1C(=O)NCCCN1CCN(C)CC1. The molecule has 1 N–H and O–H groups in total. The Morgan fingerprint density at radius 1 is 1.32 bits per heavy atom. The van der Waals surface area contributed by atoms with Gasteiger partial charge >= 0.3 is 0 Å². The predicted octanol–water partition coefficient (Wildman–Crippen LogP) is 2.08. The van der Waals surface area contributed by atoms with Gasteiger partial charge in [0.2, 0.25) is 0 Å². The lowest BCUT2D eigenvalue weighted by Crippen LogP contribution is -2.45. The molecule has 0 spiro atoms. The lowest BCUT2D eigenvalue weighted by molar-refractivity contribution is 0.0948. The molecule has 1 saturated heterocycles. The van der Waals surface area contributed by atoms with Crippen LogP contribution in [0.4, 0.5) is 0 Å². The minimum atomic E-state index is -0.0217. The van der Waals surface area contributed by atoms with Gasteiger partial charge in [-0.3, -0.25) is 4.79 Å². The maximum absolute atomic E-state index is 12.2. The first-order valence-electron chi connectivity index (χ1n) is 8.27. The van der Waals surface area contributed by atoms with E-state index in [2.05, 4.69) is 36.0 Å². The molecular formula is C17H29N3O2. The third-order valence-corrected chi connectivity index (χ3v) is 4.28. The fourth-order valence-corrected chi connectivity index (χ4v) is 2.69. The van der Waals surface area contributed by atoms with Crippen molar-refractivity contribution in [2.24, 2.45) is 0 Å². The molecule has 1 fully saturated rings. The smallest absolute Gasteiger partial charge is 0.254 e. The minimum Gasteiger partial charge on any atom is -0.465 e. The topological polar surface area (TPSA) is 48.7 Å². The van der Waals surface area contributed by atoms with E-state index in [0.29, 0.717) is 23.8 Å². The van der Waals surface area contributed by atoms with E-state index in [9.17, 15) is 4.79 Å². The van der Waals surface area contributed by atoms with Crippen LogP contribution in [0.1, 0.15) is 48.1 Å². The minimum absolute atomic E-state index is 0.0217. The molecule has 5 heteroatoms. The molecule has 2 heterocycles. The number of hydrogen-bond donors (Lipinski definition) is 1. The maximum Gasteiger partial charge on any atom is 0.254 e. The Bertz CT molecular complexity index is 488. The van der Waals surface area contributed by atoms with Crippen LogP contribution in [0, 0.1) is 6.92 Å². The third kappa shape index (κ3) is 4.58. The number of nitrogens with one attached hydrogen (secondary N) is 1. The van der Waals surface area contributed by atoms with E-state index in [-0.39, 0.29) is 5.91 Å². The van der Waals surface area contributed by atoms with E-state index in [1.54, 1.807) is 0 Å². The summed E-state index contributed by atoms with van der Waals surface area (Å²) in [6.45, 7) is 12.3. The fourth-order valence-electron chi connectivity index (χ4n) is 2.69. The first-order chi connectivity index (χ1) is 10.5. The van der Waals surface area contributed by atoms with E-state index in [1.165, 1.54) is 0 Å². The molecule has 0 unspecified atom stereocenters. The maximum atomic E-state index is 12.2. The highest BCUT2D eigenvalue weighted by molar-refractivity contribution is 5.95. The molecule has 0 aliphatic carbocycles. The molecule has 1 aliphatic rings. The Morgan fingerprint density at radius 2 is 2.00 bits per heavy atom. The highest BCUT2D eigenvalue weighted by Gasteiger charge is 2.17. The predicted molar refractivity (Wildman–Crippen MR) is 88.4 cm³/mol. The van der Waals surface area contributed by atoms with Crippen molar-refractivity contribution in [1.29, 1.82) is 0 Å². The van der Waals surface area contributed by atoms with Crippen LogP contribution in [0.5, 0.6) is 0 Å². The highest BCUT2D eigenvalue weighted by Crippen LogP contribution is 2.21. The van der Waals surface area contributed by atoms with Crippen molar-refractivity contribution in [2.75, 3.05) is 46.3 Å². The molecule has 1 aliphatic heterocycles. The van der Waals surface area contributed by atoms with Gasteiger partial charge in [0.05, 0.1) is 5.56 Å². The fraction of sp³-hybridized carbons (Fsp3) is 0.706. The quantitative estimate of drug-likeness (QED) is 0.818. The second-order valence-electron chi connectivity index (χ2n) is 6.53. The van der Waals surface area contributed by atoms with Gasteiger partial charge in [-0.15, -0.1) is 0 Å². The molecule has 22 heavy (non-hydrogen) atoms. The molecular weight excluding hydrogens is 278 g/mol. The lowest BCUT2D eigenvalue weighted by Gasteiger charge is -2.32. The molecule has 0 aromatic carbocycles. The van der Waals surface area contributed by atoms with Crippen molar-refractivity contribution < 1.29 is 9.21 Å². The van der Waals surface area contributed by atoms with Crippen molar-refractivity contribution in [3.8, 4) is 0 Å². The van der Waals surface area contributed by atoms with Gasteiger partial charge in [-0.2, -0.15) is 0 Å². The Balaban J connectivity index is 1.71. The van der Waals surface area contributed by atoms with Crippen LogP contribution in [-0.4, -0.2) is 62.0 Å². The standard InChI is InChI=1S/C17H29N3O2/c1-13(2)16-12-15(14(3)22-16)17(21)18-6-5-7-20-10-8-19(4)9-11-20/h12-13H,5-11H2,1-4H3,(H,18,21). The summed E-state index contributed by atoms with van der Waals surface area (Å²) in [5.74, 6) is 1.87. The van der Waals surface area contributed by atoms with Crippen molar-refractivity contribution in [2.45, 2.75) is 33.1 Å². The Kier molecular flexibility index (Phi) is 6.03. The van der Waals surface area contributed by atoms with Gasteiger partial charge in [0, 0.05) is 38.6 Å². The summed E-state index contributed by atoms with van der Waals surface area (Å²) in [5, 5.41) is 3.00. The zero-order valence-corrected chi connectivity index (χ0v) is 14.3. The van der Waals surface area contributed by atoms with Gasteiger partial charge in [-0.25, -0.2) is 0 Å². The van der Waals surface area contributed by atoms with Crippen molar-refractivity contribution in [3.63, 3.8) is 0 Å². The van der Waals surface area contributed by atoms with Crippen LogP contribution in [0.15, 0.2) is 10.5 Å². The second-order valence-corrected chi connectivity index (χ2v) is 6.53. The average molecular weight is 307 g/mol. The van der Waals surface area contributed by atoms with Crippen molar-refractivity contribution >= 4 is 5.91 Å². The number of aryl methyl sites for hydroxylation is 1. The van der Waals surface area contributed by atoms with E-state index >= 15 is 0 Å². The van der Waals surface area contributed by atoms with Crippen molar-refractivity contribution in [3.05, 3.63) is 23.2 Å². The third-order valence-electron chi connectivity index (χ3n) is 4.28.